The molecule has 0 N–H and O–H groups in total. The molecule has 1 heterocycles. The average Bonchev–Trinajstić information content (AvgIpc) is 3.02. The Balaban J connectivity index is 1.34. The van der Waals surface area contributed by atoms with Gasteiger partial charge in [0.25, 0.3) is 0 Å². The second-order valence-corrected chi connectivity index (χ2v) is 11.5. The van der Waals surface area contributed by atoms with Gasteiger partial charge in [-0.3, -0.25) is 4.98 Å². The summed E-state index contributed by atoms with van der Waals surface area (Å²) in [6.45, 7) is 5.25. The molecule has 0 aliphatic rings. The first-order valence-corrected chi connectivity index (χ1v) is 16.7. The highest BCUT2D eigenvalue weighted by molar-refractivity contribution is 5.91. The number of carbonyl (C=O) groups is 1. The largest absolute Gasteiger partial charge is 0.492 e. The number of aromatic nitrogens is 1. The summed E-state index contributed by atoms with van der Waals surface area (Å²) in [5.74, 6) is 0.991. The van der Waals surface area contributed by atoms with Gasteiger partial charge in [0.05, 0.1) is 24.1 Å². The van der Waals surface area contributed by atoms with Gasteiger partial charge in [0.1, 0.15) is 11.5 Å². The summed E-state index contributed by atoms with van der Waals surface area (Å²) in [6.07, 6.45) is 23.7. The third kappa shape index (κ3) is 13.2. The third-order valence-electron chi connectivity index (χ3n) is 7.87. The molecule has 3 rings (SSSR count). The van der Waals surface area contributed by atoms with Crippen LogP contribution in [0.2, 0.25) is 0 Å². The van der Waals surface area contributed by atoms with Crippen LogP contribution in [0.3, 0.4) is 0 Å². The van der Waals surface area contributed by atoms with Crippen molar-refractivity contribution in [3.63, 3.8) is 0 Å². The number of hydrogen-bond donors (Lipinski definition) is 0. The van der Waals surface area contributed by atoms with E-state index >= 15 is 0 Å². The van der Waals surface area contributed by atoms with E-state index in [0.717, 1.165) is 36.5 Å². The Morgan fingerprint density at radius 3 is 1.71 bits per heavy atom. The number of benzene rings is 2. The first-order valence-electron chi connectivity index (χ1n) is 16.7. The Morgan fingerprint density at radius 1 is 0.595 bits per heavy atom. The first kappa shape index (κ1) is 33.4. The van der Waals surface area contributed by atoms with Gasteiger partial charge in [-0.25, -0.2) is 4.79 Å². The lowest BCUT2D eigenvalue weighted by atomic mass is 10.0. The molecule has 0 saturated heterocycles. The van der Waals surface area contributed by atoms with Crippen LogP contribution >= 0.6 is 0 Å². The molecule has 4 heteroatoms. The maximum Gasteiger partial charge on any atom is 0.343 e. The molecule has 0 saturated carbocycles. The van der Waals surface area contributed by atoms with Gasteiger partial charge in [0, 0.05) is 5.56 Å². The lowest BCUT2D eigenvalue weighted by Crippen LogP contribution is -2.08. The summed E-state index contributed by atoms with van der Waals surface area (Å²) in [5, 5.41) is 0. The van der Waals surface area contributed by atoms with Crippen molar-refractivity contribution in [2.45, 2.75) is 123 Å². The molecule has 0 aliphatic heterocycles. The Bertz CT molecular complexity index is 1110. The highest BCUT2D eigenvalue weighted by Gasteiger charge is 2.09. The van der Waals surface area contributed by atoms with Crippen LogP contribution in [0.5, 0.6) is 11.5 Å². The molecule has 0 aliphatic carbocycles. The first-order chi connectivity index (χ1) is 20.7. The molecule has 0 spiro atoms. The topological polar surface area (TPSA) is 48.4 Å². The van der Waals surface area contributed by atoms with Gasteiger partial charge in [-0.05, 0) is 73.4 Å². The maximum atomic E-state index is 12.7. The number of nitrogens with zero attached hydrogens (tertiary/aromatic N) is 1. The van der Waals surface area contributed by atoms with Gasteiger partial charge < -0.3 is 9.47 Å². The molecule has 0 unspecified atom stereocenters. The monoisotopic (exact) mass is 571 g/mol. The highest BCUT2D eigenvalue weighted by Crippen LogP contribution is 2.23. The quantitative estimate of drug-likeness (QED) is 0.0683. The Labute approximate surface area is 255 Å². The maximum absolute atomic E-state index is 12.7. The molecule has 0 bridgehead atoms. The zero-order valence-electron chi connectivity index (χ0n) is 26.3. The number of aryl methyl sites for hydroxylation is 1. The van der Waals surface area contributed by atoms with Crippen LogP contribution in [0.15, 0.2) is 66.9 Å². The van der Waals surface area contributed by atoms with Crippen molar-refractivity contribution in [2.24, 2.45) is 0 Å². The summed E-state index contributed by atoms with van der Waals surface area (Å²) in [4.78, 5) is 17.2. The van der Waals surface area contributed by atoms with E-state index in [1.54, 1.807) is 6.20 Å². The van der Waals surface area contributed by atoms with Crippen molar-refractivity contribution >= 4 is 5.97 Å². The smallest absolute Gasteiger partial charge is 0.343 e. The van der Waals surface area contributed by atoms with Crippen LogP contribution in [0.1, 0.15) is 133 Å². The number of unbranched alkanes of at least 4 members (excludes halogenated alkanes) is 14. The van der Waals surface area contributed by atoms with Crippen LogP contribution in [-0.2, 0) is 6.42 Å². The number of pyridine rings is 1. The molecule has 228 valence electrons. The van der Waals surface area contributed by atoms with Crippen LogP contribution in [-0.4, -0.2) is 17.6 Å². The Kier molecular flexibility index (Phi) is 16.4. The van der Waals surface area contributed by atoms with Crippen molar-refractivity contribution in [2.75, 3.05) is 6.61 Å². The van der Waals surface area contributed by atoms with Gasteiger partial charge in [-0.1, -0.05) is 116 Å². The average molecular weight is 572 g/mol. The summed E-state index contributed by atoms with van der Waals surface area (Å²) in [6, 6.07) is 19.3. The fraction of sp³-hybridized carbons (Fsp3) is 0.526. The van der Waals surface area contributed by atoms with Gasteiger partial charge in [-0.2, -0.15) is 0 Å². The SMILES string of the molecule is CCCCCCCCCCOc1ccc(-c2ccc(OC(=O)c3ccc(CCCCCCCCCC)cc3)cc2)nc1. The minimum Gasteiger partial charge on any atom is -0.492 e. The number of hydrogen-bond acceptors (Lipinski definition) is 4. The van der Waals surface area contributed by atoms with E-state index in [1.165, 1.54) is 102 Å². The second-order valence-electron chi connectivity index (χ2n) is 11.5. The summed E-state index contributed by atoms with van der Waals surface area (Å²) in [7, 11) is 0. The Hall–Kier alpha value is -3.14. The molecule has 3 aromatic rings. The number of carbonyl (C=O) groups excluding carboxylic acids is 1. The highest BCUT2D eigenvalue weighted by atomic mass is 16.5. The standard InChI is InChI=1S/C38H53NO3/c1-3-5-7-9-11-13-15-17-19-32-20-22-34(23-21-32)38(40)42-35-26-24-33(25-27-35)37-29-28-36(31-39-37)41-30-18-16-14-12-10-8-6-4-2/h20-29,31H,3-19,30H2,1-2H3. The zero-order valence-corrected chi connectivity index (χ0v) is 26.3. The molecule has 4 nitrogen and oxygen atoms in total. The molecule has 0 amide bonds. The molecule has 0 atom stereocenters. The number of rotatable bonds is 22. The molecular weight excluding hydrogens is 518 g/mol. The lowest BCUT2D eigenvalue weighted by Gasteiger charge is -2.08. The molecule has 42 heavy (non-hydrogen) atoms. The molecule has 2 aromatic carbocycles. The zero-order chi connectivity index (χ0) is 29.7. The van der Waals surface area contributed by atoms with Crippen LogP contribution < -0.4 is 9.47 Å². The van der Waals surface area contributed by atoms with Crippen molar-refractivity contribution in [3.8, 4) is 22.8 Å². The summed E-state index contributed by atoms with van der Waals surface area (Å²) in [5.41, 5.74) is 3.68. The summed E-state index contributed by atoms with van der Waals surface area (Å²) < 4.78 is 11.5. The van der Waals surface area contributed by atoms with Gasteiger partial charge in [-0.15, -0.1) is 0 Å². The van der Waals surface area contributed by atoms with Crippen molar-refractivity contribution < 1.29 is 14.3 Å². The van der Waals surface area contributed by atoms with Gasteiger partial charge in [0.2, 0.25) is 0 Å². The second kappa shape index (κ2) is 20.7. The summed E-state index contributed by atoms with van der Waals surface area (Å²) >= 11 is 0. The Morgan fingerprint density at radius 2 is 1.14 bits per heavy atom. The predicted octanol–water partition coefficient (Wildman–Crippen LogP) is 11.2. The minimum absolute atomic E-state index is 0.336. The molecule has 0 fully saturated rings. The fourth-order valence-corrected chi connectivity index (χ4v) is 5.19. The minimum atomic E-state index is -0.336. The van der Waals surface area contributed by atoms with Gasteiger partial charge in [0.15, 0.2) is 0 Å². The van der Waals surface area contributed by atoms with E-state index in [2.05, 4.69) is 31.0 Å². The van der Waals surface area contributed by atoms with E-state index in [1.807, 2.05) is 48.5 Å². The molecular formula is C38H53NO3. The molecule has 1 aromatic heterocycles. The number of esters is 1. The normalized spacial score (nSPS) is 11.0. The van der Waals surface area contributed by atoms with Crippen LogP contribution in [0.4, 0.5) is 0 Å². The van der Waals surface area contributed by atoms with Crippen LogP contribution in [0, 0.1) is 0 Å². The van der Waals surface area contributed by atoms with E-state index in [9.17, 15) is 4.79 Å². The van der Waals surface area contributed by atoms with E-state index in [4.69, 9.17) is 9.47 Å². The predicted molar refractivity (Wildman–Crippen MR) is 175 cm³/mol. The van der Waals surface area contributed by atoms with Gasteiger partial charge >= 0.3 is 5.97 Å². The van der Waals surface area contributed by atoms with Crippen molar-refractivity contribution in [1.29, 1.82) is 0 Å². The van der Waals surface area contributed by atoms with Crippen LogP contribution in [0.25, 0.3) is 11.3 Å². The lowest BCUT2D eigenvalue weighted by molar-refractivity contribution is 0.0734. The van der Waals surface area contributed by atoms with Crippen molar-refractivity contribution in [3.05, 3.63) is 78.0 Å². The van der Waals surface area contributed by atoms with E-state index < -0.39 is 0 Å². The van der Waals surface area contributed by atoms with E-state index in [0.29, 0.717) is 11.3 Å². The third-order valence-corrected chi connectivity index (χ3v) is 7.87. The van der Waals surface area contributed by atoms with Crippen molar-refractivity contribution in [1.82, 2.24) is 4.98 Å². The fourth-order valence-electron chi connectivity index (χ4n) is 5.19. The van der Waals surface area contributed by atoms with E-state index in [-0.39, 0.29) is 5.97 Å². The number of ether oxygens (including phenoxy) is 2. The molecule has 0 radical (unpaired) electrons.